The van der Waals surface area contributed by atoms with Crippen molar-refractivity contribution in [1.82, 2.24) is 0 Å². The zero-order chi connectivity index (χ0) is 16.0. The predicted octanol–water partition coefficient (Wildman–Crippen LogP) is 5.28. The lowest BCUT2D eigenvalue weighted by atomic mass is 9.79. The molecular weight excluding hydrogens is 252 g/mol. The highest BCUT2D eigenvalue weighted by Crippen LogP contribution is 2.33. The largest absolute Gasteiger partial charge is 0.342 e. The summed E-state index contributed by atoms with van der Waals surface area (Å²) in [7, 11) is 0. The van der Waals surface area contributed by atoms with Crippen molar-refractivity contribution in [1.29, 1.82) is 0 Å². The van der Waals surface area contributed by atoms with E-state index in [4.69, 9.17) is 9.78 Å². The summed E-state index contributed by atoms with van der Waals surface area (Å²) in [5.74, 6) is -0.266. The van der Waals surface area contributed by atoms with E-state index in [-0.39, 0.29) is 11.4 Å². The molecule has 0 radical (unpaired) electrons. The van der Waals surface area contributed by atoms with Crippen molar-refractivity contribution in [2.45, 2.75) is 93.1 Å². The monoisotopic (exact) mass is 286 g/mol. The van der Waals surface area contributed by atoms with Gasteiger partial charge in [-0.15, -0.1) is 0 Å². The normalized spacial score (nSPS) is 13.4. The van der Waals surface area contributed by atoms with Crippen LogP contribution in [0.25, 0.3) is 0 Å². The summed E-state index contributed by atoms with van der Waals surface area (Å²) in [6.07, 6.45) is 4.72. The van der Waals surface area contributed by atoms with Crippen LogP contribution in [0.15, 0.2) is 0 Å². The third kappa shape index (κ3) is 8.57. The number of unbranched alkanes of at least 4 members (excludes halogenated alkanes) is 2. The van der Waals surface area contributed by atoms with Gasteiger partial charge in [-0.3, -0.25) is 4.89 Å². The molecule has 0 spiro atoms. The third-order valence-corrected chi connectivity index (χ3v) is 3.96. The van der Waals surface area contributed by atoms with E-state index in [0.29, 0.717) is 11.8 Å². The van der Waals surface area contributed by atoms with Gasteiger partial charge in [-0.25, -0.2) is 4.79 Å². The molecule has 0 saturated carbocycles. The summed E-state index contributed by atoms with van der Waals surface area (Å²) in [5, 5.41) is 0. The first-order valence-corrected chi connectivity index (χ1v) is 7.74. The molecule has 0 saturated heterocycles. The van der Waals surface area contributed by atoms with Gasteiger partial charge in [-0.1, -0.05) is 54.4 Å². The average molecular weight is 286 g/mol. The van der Waals surface area contributed by atoms with Crippen LogP contribution in [-0.4, -0.2) is 11.6 Å². The van der Waals surface area contributed by atoms with Crippen molar-refractivity contribution in [2.24, 2.45) is 10.8 Å². The molecule has 20 heavy (non-hydrogen) atoms. The maximum Gasteiger partial charge on any atom is 0.342 e. The first-order valence-electron chi connectivity index (χ1n) is 7.74. The van der Waals surface area contributed by atoms with Crippen molar-refractivity contribution in [2.75, 3.05) is 0 Å². The van der Waals surface area contributed by atoms with Crippen molar-refractivity contribution in [3.05, 3.63) is 0 Å². The zero-order valence-corrected chi connectivity index (χ0v) is 14.8. The first kappa shape index (κ1) is 19.4. The number of carbonyl (C=O) groups excluding carboxylic acids is 1. The average Bonchev–Trinajstić information content (AvgIpc) is 2.23. The molecular formula is C17H34O3. The van der Waals surface area contributed by atoms with E-state index < -0.39 is 5.60 Å². The predicted molar refractivity (Wildman–Crippen MR) is 83.3 cm³/mol. The molecule has 0 atom stereocenters. The highest BCUT2D eigenvalue weighted by atomic mass is 17.2. The van der Waals surface area contributed by atoms with E-state index in [1.54, 1.807) is 0 Å². The molecule has 0 fully saturated rings. The van der Waals surface area contributed by atoms with Crippen LogP contribution in [0.4, 0.5) is 0 Å². The smallest absolute Gasteiger partial charge is 0.298 e. The third-order valence-electron chi connectivity index (χ3n) is 3.96. The van der Waals surface area contributed by atoms with Crippen LogP contribution in [0.3, 0.4) is 0 Å². The molecule has 0 rings (SSSR count). The van der Waals surface area contributed by atoms with Gasteiger partial charge in [0.15, 0.2) is 0 Å². The van der Waals surface area contributed by atoms with E-state index in [1.165, 1.54) is 6.42 Å². The van der Waals surface area contributed by atoms with Crippen LogP contribution in [0, 0.1) is 10.8 Å². The van der Waals surface area contributed by atoms with Crippen molar-refractivity contribution >= 4 is 5.97 Å². The van der Waals surface area contributed by atoms with Crippen LogP contribution >= 0.6 is 0 Å². The number of hydrogen-bond acceptors (Lipinski definition) is 3. The van der Waals surface area contributed by atoms with Gasteiger partial charge < -0.3 is 0 Å². The molecule has 0 bridgehead atoms. The van der Waals surface area contributed by atoms with Gasteiger partial charge in [-0.2, -0.15) is 4.89 Å². The Morgan fingerprint density at radius 3 is 1.85 bits per heavy atom. The quantitative estimate of drug-likeness (QED) is 0.363. The number of rotatable bonds is 7. The molecule has 0 N–H and O–H groups in total. The van der Waals surface area contributed by atoms with Crippen LogP contribution in [-0.2, 0) is 14.6 Å². The molecule has 3 nitrogen and oxygen atoms in total. The van der Waals surface area contributed by atoms with E-state index in [9.17, 15) is 4.79 Å². The minimum atomic E-state index is -0.491. The van der Waals surface area contributed by atoms with Gasteiger partial charge in [0.05, 0.1) is 0 Å². The molecule has 0 aliphatic heterocycles. The summed E-state index contributed by atoms with van der Waals surface area (Å²) in [6, 6.07) is 0. The Bertz CT molecular complexity index is 292. The van der Waals surface area contributed by atoms with Gasteiger partial charge in [-0.05, 0) is 37.5 Å². The molecule has 0 amide bonds. The molecule has 120 valence electrons. The Hall–Kier alpha value is -0.570. The number of carbonyl (C=O) groups is 1. The SMILES string of the molecule is CC(C)(C)CCCCCC(=O)OOC(C)(C)C(C)(C)C. The fraction of sp³-hybridized carbons (Fsp3) is 0.941. The highest BCUT2D eigenvalue weighted by molar-refractivity contribution is 5.68. The molecule has 0 aromatic heterocycles. The van der Waals surface area contributed by atoms with Crippen LogP contribution in [0.1, 0.15) is 87.5 Å². The molecule has 0 heterocycles. The Balaban J connectivity index is 3.81. The minimum Gasteiger partial charge on any atom is -0.298 e. The Labute approximate surface area is 125 Å². The maximum absolute atomic E-state index is 11.6. The molecule has 0 aliphatic rings. The van der Waals surface area contributed by atoms with Crippen LogP contribution < -0.4 is 0 Å². The van der Waals surface area contributed by atoms with E-state index >= 15 is 0 Å². The topological polar surface area (TPSA) is 35.5 Å². The van der Waals surface area contributed by atoms with E-state index in [1.807, 2.05) is 13.8 Å². The zero-order valence-electron chi connectivity index (χ0n) is 14.8. The Morgan fingerprint density at radius 1 is 0.850 bits per heavy atom. The Morgan fingerprint density at radius 2 is 1.40 bits per heavy atom. The van der Waals surface area contributed by atoms with Crippen LogP contribution in [0.2, 0.25) is 0 Å². The Kier molecular flexibility index (Phi) is 7.23. The second-order valence-corrected chi connectivity index (χ2v) is 8.42. The summed E-state index contributed by atoms with van der Waals surface area (Å²) >= 11 is 0. The summed E-state index contributed by atoms with van der Waals surface area (Å²) < 4.78 is 0. The van der Waals surface area contributed by atoms with Crippen molar-refractivity contribution < 1.29 is 14.6 Å². The molecule has 0 aromatic rings. The number of hydrogen-bond donors (Lipinski definition) is 0. The first-order chi connectivity index (χ1) is 8.85. The van der Waals surface area contributed by atoms with Crippen molar-refractivity contribution in [3.8, 4) is 0 Å². The molecule has 0 aliphatic carbocycles. The van der Waals surface area contributed by atoms with E-state index in [2.05, 4.69) is 41.5 Å². The fourth-order valence-corrected chi connectivity index (χ4v) is 1.42. The second-order valence-electron chi connectivity index (χ2n) is 8.42. The lowest BCUT2D eigenvalue weighted by molar-refractivity contribution is -0.345. The standard InChI is InChI=1S/C17H34O3/c1-15(2,3)13-11-9-10-12-14(18)19-20-17(7,8)16(4,5)6/h9-13H2,1-8H3. The summed E-state index contributed by atoms with van der Waals surface area (Å²) in [5.41, 5.74) is -0.199. The van der Waals surface area contributed by atoms with Gasteiger partial charge in [0.25, 0.3) is 0 Å². The lowest BCUT2D eigenvalue weighted by Crippen LogP contribution is -2.40. The second kappa shape index (κ2) is 7.44. The van der Waals surface area contributed by atoms with Gasteiger partial charge in [0.1, 0.15) is 5.60 Å². The van der Waals surface area contributed by atoms with E-state index in [0.717, 1.165) is 19.3 Å². The van der Waals surface area contributed by atoms with Gasteiger partial charge in [0.2, 0.25) is 0 Å². The molecule has 3 heteroatoms. The highest BCUT2D eigenvalue weighted by Gasteiger charge is 2.36. The summed E-state index contributed by atoms with van der Waals surface area (Å²) in [6.45, 7) is 16.8. The fourth-order valence-electron chi connectivity index (χ4n) is 1.42. The van der Waals surface area contributed by atoms with Gasteiger partial charge >= 0.3 is 5.97 Å². The minimum absolute atomic E-state index is 0.0833. The lowest BCUT2D eigenvalue weighted by Gasteiger charge is -2.36. The van der Waals surface area contributed by atoms with Crippen LogP contribution in [0.5, 0.6) is 0 Å². The molecule has 0 unspecified atom stereocenters. The maximum atomic E-state index is 11.6. The van der Waals surface area contributed by atoms with Crippen molar-refractivity contribution in [3.63, 3.8) is 0 Å². The van der Waals surface area contributed by atoms with Gasteiger partial charge in [0, 0.05) is 6.42 Å². The molecule has 0 aromatic carbocycles. The summed E-state index contributed by atoms with van der Waals surface area (Å²) in [4.78, 5) is 21.9.